The quantitative estimate of drug-likeness (QED) is 0.455. The summed E-state index contributed by atoms with van der Waals surface area (Å²) in [4.78, 5) is 19.9. The maximum absolute atomic E-state index is 13.7. The molecule has 2 aromatic heterocycles. The van der Waals surface area contributed by atoms with E-state index in [9.17, 15) is 4.79 Å². The van der Waals surface area contributed by atoms with Crippen molar-refractivity contribution in [2.45, 2.75) is 32.2 Å². The number of ether oxygens (including phenoxy) is 1. The minimum Gasteiger partial charge on any atom is -0.496 e. The smallest absolute Gasteiger partial charge is 0.280 e. The normalized spacial score (nSPS) is 15.6. The molecule has 0 fully saturated rings. The molecular weight excluding hydrogens is 412 g/mol. The number of rotatable bonds is 4. The van der Waals surface area contributed by atoms with E-state index in [0.717, 1.165) is 39.5 Å². The van der Waals surface area contributed by atoms with Crippen molar-refractivity contribution in [1.29, 1.82) is 0 Å². The number of nitrogens with one attached hydrogen (secondary N) is 1. The Balaban J connectivity index is 1.66. The van der Waals surface area contributed by atoms with Crippen LogP contribution >= 0.6 is 0 Å². The van der Waals surface area contributed by atoms with Crippen LogP contribution < -0.4 is 9.64 Å². The van der Waals surface area contributed by atoms with Gasteiger partial charge in [0.25, 0.3) is 5.91 Å². The van der Waals surface area contributed by atoms with E-state index in [0.29, 0.717) is 5.69 Å². The maximum Gasteiger partial charge on any atom is 0.280 e. The van der Waals surface area contributed by atoms with E-state index >= 15 is 0 Å². The van der Waals surface area contributed by atoms with Crippen LogP contribution in [0.2, 0.25) is 0 Å². The number of para-hydroxylation sites is 1. The van der Waals surface area contributed by atoms with E-state index in [-0.39, 0.29) is 17.4 Å². The first-order valence-electron chi connectivity index (χ1n) is 11.0. The predicted molar refractivity (Wildman–Crippen MR) is 129 cm³/mol. The van der Waals surface area contributed by atoms with Crippen molar-refractivity contribution in [1.82, 2.24) is 15.2 Å². The zero-order valence-electron chi connectivity index (χ0n) is 19.2. The molecule has 166 valence electrons. The molecule has 1 atom stereocenters. The van der Waals surface area contributed by atoms with Crippen LogP contribution in [-0.2, 0) is 5.41 Å². The van der Waals surface area contributed by atoms with Crippen LogP contribution in [0.5, 0.6) is 5.75 Å². The zero-order chi connectivity index (χ0) is 23.2. The molecule has 6 nitrogen and oxygen atoms in total. The third-order valence-electron chi connectivity index (χ3n) is 6.05. The van der Waals surface area contributed by atoms with Crippen LogP contribution in [0.3, 0.4) is 0 Å². The van der Waals surface area contributed by atoms with Crippen LogP contribution in [0, 0.1) is 0 Å². The summed E-state index contributed by atoms with van der Waals surface area (Å²) in [5.41, 5.74) is 5.72. The molecule has 1 aliphatic rings. The number of hydrogen-bond donors (Lipinski definition) is 1. The van der Waals surface area contributed by atoms with Gasteiger partial charge < -0.3 is 4.74 Å². The number of hydrogen-bond acceptors (Lipinski definition) is 4. The Bertz CT molecular complexity index is 1300. The fraction of sp³-hybridized carbons (Fsp3) is 0.222. The number of aromatic nitrogens is 3. The van der Waals surface area contributed by atoms with Gasteiger partial charge in [0.05, 0.1) is 18.8 Å². The standard InChI is InChI=1S/C27H26N4O2/c1-27(2,3)25-22-23(29-30-25)26(32)31(24(22)19-9-5-6-11-21(19)33-4)18-14-12-17(13-15-18)20-10-7-8-16-28-20/h5-16,24H,1-4H3,(H,29,30). The first-order valence-corrected chi connectivity index (χ1v) is 11.0. The third-order valence-corrected chi connectivity index (χ3v) is 6.05. The van der Waals surface area contributed by atoms with Crippen molar-refractivity contribution in [2.75, 3.05) is 12.0 Å². The second kappa shape index (κ2) is 7.89. The molecule has 5 rings (SSSR count). The number of aromatic amines is 1. The van der Waals surface area contributed by atoms with Crippen LogP contribution in [0.4, 0.5) is 5.69 Å². The average molecular weight is 439 g/mol. The Morgan fingerprint density at radius 3 is 2.36 bits per heavy atom. The number of carbonyl (C=O) groups is 1. The first-order chi connectivity index (χ1) is 15.9. The summed E-state index contributed by atoms with van der Waals surface area (Å²) in [7, 11) is 1.66. The van der Waals surface area contributed by atoms with Gasteiger partial charge in [-0.15, -0.1) is 0 Å². The topological polar surface area (TPSA) is 71.1 Å². The summed E-state index contributed by atoms with van der Waals surface area (Å²) in [6.07, 6.45) is 1.78. The lowest BCUT2D eigenvalue weighted by Crippen LogP contribution is -2.30. The molecule has 0 radical (unpaired) electrons. The SMILES string of the molecule is COc1ccccc1C1c2c(n[nH]c2C(C)(C)C)C(=O)N1c1ccc(-c2ccccn2)cc1. The molecule has 0 bridgehead atoms. The number of pyridine rings is 1. The Labute approximate surface area is 193 Å². The van der Waals surface area contributed by atoms with Crippen LogP contribution in [0.1, 0.15) is 54.1 Å². The van der Waals surface area contributed by atoms with Crippen LogP contribution in [-0.4, -0.2) is 28.2 Å². The number of H-pyrrole nitrogens is 1. The fourth-order valence-electron chi connectivity index (χ4n) is 4.49. The van der Waals surface area contributed by atoms with Gasteiger partial charge >= 0.3 is 0 Å². The Morgan fingerprint density at radius 1 is 0.970 bits per heavy atom. The summed E-state index contributed by atoms with van der Waals surface area (Å²) in [5.74, 6) is 0.609. The van der Waals surface area contributed by atoms with E-state index in [4.69, 9.17) is 4.74 Å². The highest BCUT2D eigenvalue weighted by Crippen LogP contribution is 2.47. The maximum atomic E-state index is 13.7. The second-order valence-corrected chi connectivity index (χ2v) is 9.19. The van der Waals surface area contributed by atoms with Crippen molar-refractivity contribution < 1.29 is 9.53 Å². The summed E-state index contributed by atoms with van der Waals surface area (Å²) in [5, 5.41) is 7.59. The highest BCUT2D eigenvalue weighted by Gasteiger charge is 2.45. The molecule has 1 N–H and O–H groups in total. The summed E-state index contributed by atoms with van der Waals surface area (Å²) in [6.45, 7) is 6.36. The van der Waals surface area contributed by atoms with Crippen molar-refractivity contribution in [2.24, 2.45) is 0 Å². The highest BCUT2D eigenvalue weighted by atomic mass is 16.5. The monoisotopic (exact) mass is 438 g/mol. The minimum atomic E-state index is -0.350. The molecule has 2 aromatic carbocycles. The molecule has 1 unspecified atom stereocenters. The lowest BCUT2D eigenvalue weighted by Gasteiger charge is -2.29. The molecule has 0 saturated carbocycles. The van der Waals surface area contributed by atoms with Crippen molar-refractivity contribution in [3.63, 3.8) is 0 Å². The Hall–Kier alpha value is -3.93. The summed E-state index contributed by atoms with van der Waals surface area (Å²) >= 11 is 0. The van der Waals surface area contributed by atoms with Gasteiger partial charge in [0, 0.05) is 39.7 Å². The zero-order valence-corrected chi connectivity index (χ0v) is 19.2. The lowest BCUT2D eigenvalue weighted by atomic mass is 9.85. The molecule has 1 aliphatic heterocycles. The second-order valence-electron chi connectivity index (χ2n) is 9.19. The van der Waals surface area contributed by atoms with Gasteiger partial charge in [0.2, 0.25) is 0 Å². The molecule has 0 saturated heterocycles. The number of amides is 1. The highest BCUT2D eigenvalue weighted by molar-refractivity contribution is 6.11. The summed E-state index contributed by atoms with van der Waals surface area (Å²) < 4.78 is 5.69. The number of nitrogens with zero attached hydrogens (tertiary/aromatic N) is 3. The average Bonchev–Trinajstić information content (AvgIpc) is 3.39. The molecule has 0 aliphatic carbocycles. The van der Waals surface area contributed by atoms with Crippen molar-refractivity contribution in [3.05, 3.63) is 95.4 Å². The van der Waals surface area contributed by atoms with E-state index in [1.807, 2.05) is 71.6 Å². The minimum absolute atomic E-state index is 0.127. The van der Waals surface area contributed by atoms with E-state index < -0.39 is 0 Å². The van der Waals surface area contributed by atoms with Gasteiger partial charge in [-0.05, 0) is 30.3 Å². The van der Waals surface area contributed by atoms with Crippen molar-refractivity contribution in [3.8, 4) is 17.0 Å². The number of methoxy groups -OCH3 is 1. The van der Waals surface area contributed by atoms with Crippen molar-refractivity contribution >= 4 is 11.6 Å². The molecule has 0 spiro atoms. The third kappa shape index (κ3) is 3.48. The summed E-state index contributed by atoms with van der Waals surface area (Å²) in [6, 6.07) is 21.3. The van der Waals surface area contributed by atoms with Crippen LogP contribution in [0.25, 0.3) is 11.3 Å². The predicted octanol–water partition coefficient (Wildman–Crippen LogP) is 5.53. The number of anilines is 1. The fourth-order valence-corrected chi connectivity index (χ4v) is 4.49. The molecule has 33 heavy (non-hydrogen) atoms. The van der Waals surface area contributed by atoms with Gasteiger partial charge in [-0.3, -0.25) is 19.8 Å². The van der Waals surface area contributed by atoms with Gasteiger partial charge in [0.1, 0.15) is 5.75 Å². The van der Waals surface area contributed by atoms with Gasteiger partial charge in [-0.1, -0.05) is 57.2 Å². The lowest BCUT2D eigenvalue weighted by molar-refractivity contribution is 0.0988. The number of benzene rings is 2. The number of carbonyl (C=O) groups excluding carboxylic acids is 1. The molecule has 1 amide bonds. The molecule has 4 aromatic rings. The van der Waals surface area contributed by atoms with Crippen LogP contribution in [0.15, 0.2) is 72.9 Å². The molecule has 3 heterocycles. The molecule has 6 heteroatoms. The Morgan fingerprint density at radius 2 is 1.70 bits per heavy atom. The van der Waals surface area contributed by atoms with Gasteiger partial charge in [0.15, 0.2) is 5.69 Å². The van der Waals surface area contributed by atoms with E-state index in [1.165, 1.54) is 0 Å². The van der Waals surface area contributed by atoms with Gasteiger partial charge in [-0.2, -0.15) is 5.10 Å². The Kier molecular flexibility index (Phi) is 5.01. The van der Waals surface area contributed by atoms with E-state index in [1.54, 1.807) is 13.3 Å². The van der Waals surface area contributed by atoms with E-state index in [2.05, 4.69) is 36.0 Å². The number of fused-ring (bicyclic) bond motifs is 1. The van der Waals surface area contributed by atoms with Gasteiger partial charge in [-0.25, -0.2) is 0 Å². The first kappa shape index (κ1) is 20.9. The largest absolute Gasteiger partial charge is 0.496 e. The molecular formula is C27H26N4O2.